The molecule has 0 spiro atoms. The second kappa shape index (κ2) is 9.50. The summed E-state index contributed by atoms with van der Waals surface area (Å²) in [6.45, 7) is 2.21. The highest BCUT2D eigenvalue weighted by Gasteiger charge is 2.39. The van der Waals surface area contributed by atoms with Crippen molar-refractivity contribution >= 4 is 20.8 Å². The molecule has 2 atom stereocenters. The predicted molar refractivity (Wildman–Crippen MR) is 144 cm³/mol. The van der Waals surface area contributed by atoms with Gasteiger partial charge in [-0.2, -0.15) is 14.7 Å². The molecule has 0 amide bonds. The molecule has 6 nitrogen and oxygen atoms in total. The zero-order valence-electron chi connectivity index (χ0n) is 21.0. The van der Waals surface area contributed by atoms with Crippen LogP contribution < -0.4 is 0 Å². The monoisotopic (exact) mass is 526 g/mol. The molecule has 0 radical (unpaired) electrons. The summed E-state index contributed by atoms with van der Waals surface area (Å²) in [4.78, 5) is 0.234. The van der Waals surface area contributed by atoms with Gasteiger partial charge in [0.05, 0.1) is 28.5 Å². The van der Waals surface area contributed by atoms with Crippen molar-refractivity contribution in [2.24, 2.45) is 5.92 Å². The number of aromatic nitrogens is 2. The Bertz CT molecular complexity index is 1710. The molecule has 2 aliphatic rings. The van der Waals surface area contributed by atoms with Crippen LogP contribution in [-0.2, 0) is 16.4 Å². The Morgan fingerprint density at radius 1 is 1.11 bits per heavy atom. The first-order valence-electron chi connectivity index (χ1n) is 12.8. The van der Waals surface area contributed by atoms with E-state index in [9.17, 15) is 18.1 Å². The van der Waals surface area contributed by atoms with Crippen LogP contribution in [0.3, 0.4) is 0 Å². The number of rotatable bonds is 6. The molecule has 6 rings (SSSR count). The number of allylic oxidation sites excluding steroid dienone is 1. The average Bonchev–Trinajstić information content (AvgIpc) is 3.53. The van der Waals surface area contributed by atoms with Crippen molar-refractivity contribution in [1.29, 1.82) is 5.26 Å². The van der Waals surface area contributed by atoms with E-state index in [0.717, 1.165) is 41.6 Å². The summed E-state index contributed by atoms with van der Waals surface area (Å²) in [6, 6.07) is 21.1. The maximum Gasteiger partial charge on any atom is 0.244 e. The topological polar surface area (TPSA) is 79.0 Å². The summed E-state index contributed by atoms with van der Waals surface area (Å²) in [7, 11) is -3.89. The van der Waals surface area contributed by atoms with Gasteiger partial charge in [-0.15, -0.1) is 0 Å². The van der Waals surface area contributed by atoms with E-state index < -0.39 is 10.0 Å². The molecule has 0 unspecified atom stereocenters. The Labute approximate surface area is 221 Å². The Balaban J connectivity index is 1.31. The van der Waals surface area contributed by atoms with Gasteiger partial charge in [0.1, 0.15) is 12.4 Å². The Morgan fingerprint density at radius 2 is 1.87 bits per heavy atom. The fourth-order valence-corrected chi connectivity index (χ4v) is 7.80. The van der Waals surface area contributed by atoms with Gasteiger partial charge in [-0.3, -0.25) is 0 Å². The zero-order chi connectivity index (χ0) is 26.4. The molecule has 0 saturated heterocycles. The first-order valence-corrected chi connectivity index (χ1v) is 14.2. The average molecular weight is 527 g/mol. The number of hydrogen-bond donors (Lipinski definition) is 0. The molecule has 0 N–H and O–H groups in total. The zero-order valence-corrected chi connectivity index (χ0v) is 21.8. The largest absolute Gasteiger partial charge is 0.244 e. The lowest BCUT2D eigenvalue weighted by atomic mass is 9.80. The number of sulfonamides is 1. The molecule has 1 heterocycles. The first kappa shape index (κ1) is 24.5. The van der Waals surface area contributed by atoms with E-state index in [1.54, 1.807) is 24.3 Å². The van der Waals surface area contributed by atoms with Gasteiger partial charge in [0.25, 0.3) is 0 Å². The molecule has 2 aliphatic carbocycles. The summed E-state index contributed by atoms with van der Waals surface area (Å²) < 4.78 is 44.4. The van der Waals surface area contributed by atoms with E-state index in [4.69, 9.17) is 0 Å². The van der Waals surface area contributed by atoms with E-state index in [0.29, 0.717) is 5.39 Å². The van der Waals surface area contributed by atoms with Crippen molar-refractivity contribution in [3.63, 3.8) is 0 Å². The molecule has 192 valence electrons. The van der Waals surface area contributed by atoms with E-state index in [1.165, 1.54) is 27.6 Å². The molecule has 0 aliphatic heterocycles. The summed E-state index contributed by atoms with van der Waals surface area (Å²) >= 11 is 0. The van der Waals surface area contributed by atoms with Crippen LogP contribution in [0.15, 0.2) is 89.0 Å². The lowest BCUT2D eigenvalue weighted by Gasteiger charge is -2.30. The number of nitriles is 1. The molecular formula is C30H27FN4O2S. The third-order valence-electron chi connectivity index (χ3n) is 7.97. The normalized spacial score (nSPS) is 19.0. The maximum atomic E-state index is 13.9. The standard InChI is InChI=1S/C30H27FN4O2S/c1-20-27-18-33-35(25-13-11-24(31)12-14-25)28(27)17-22-9-10-23(30(20)22)19-34(16-15-32)38(36,37)29-8-4-6-21-5-2-3-7-26(21)29/h2-8,11-14,18,20,23H,9-10,16-17,19H2,1H3/t20-,23+/m0/s1. The Kier molecular flexibility index (Phi) is 6.13. The minimum atomic E-state index is -3.89. The van der Waals surface area contributed by atoms with E-state index in [-0.39, 0.29) is 35.6 Å². The number of benzene rings is 3. The van der Waals surface area contributed by atoms with Gasteiger partial charge >= 0.3 is 0 Å². The van der Waals surface area contributed by atoms with Crippen molar-refractivity contribution in [3.05, 3.63) is 101 Å². The molecule has 0 fully saturated rings. The van der Waals surface area contributed by atoms with Crippen molar-refractivity contribution in [3.8, 4) is 11.8 Å². The molecule has 0 bridgehead atoms. The highest BCUT2D eigenvalue weighted by Crippen LogP contribution is 2.47. The van der Waals surface area contributed by atoms with Crippen LogP contribution in [0.2, 0.25) is 0 Å². The third kappa shape index (κ3) is 4.03. The minimum Gasteiger partial charge on any atom is -0.237 e. The fourth-order valence-electron chi connectivity index (χ4n) is 6.21. The quantitative estimate of drug-likeness (QED) is 0.237. The van der Waals surface area contributed by atoms with Crippen LogP contribution in [0, 0.1) is 23.1 Å². The summed E-state index contributed by atoms with van der Waals surface area (Å²) in [5.41, 5.74) is 5.62. The van der Waals surface area contributed by atoms with Gasteiger partial charge in [0.2, 0.25) is 10.0 Å². The number of hydrogen-bond acceptors (Lipinski definition) is 4. The van der Waals surface area contributed by atoms with Crippen LogP contribution in [-0.4, -0.2) is 35.6 Å². The summed E-state index contributed by atoms with van der Waals surface area (Å²) in [6.07, 6.45) is 4.34. The lowest BCUT2D eigenvalue weighted by molar-refractivity contribution is 0.383. The van der Waals surface area contributed by atoms with Crippen molar-refractivity contribution in [2.45, 2.75) is 37.0 Å². The smallest absolute Gasteiger partial charge is 0.237 e. The second-order valence-electron chi connectivity index (χ2n) is 10.1. The SMILES string of the molecule is C[C@@H]1C2=C(CC[C@@H]2CN(CC#N)S(=O)(=O)c2cccc3ccccc23)Cc2c1cnn2-c1ccc(F)cc1. The first-order chi connectivity index (χ1) is 18.4. The molecule has 1 aromatic heterocycles. The van der Waals surface area contributed by atoms with Crippen molar-refractivity contribution in [1.82, 2.24) is 14.1 Å². The van der Waals surface area contributed by atoms with Gasteiger partial charge < -0.3 is 0 Å². The highest BCUT2D eigenvalue weighted by atomic mass is 32.2. The molecular weight excluding hydrogens is 499 g/mol. The molecule has 3 aromatic carbocycles. The molecule has 4 aromatic rings. The molecule has 38 heavy (non-hydrogen) atoms. The van der Waals surface area contributed by atoms with Crippen molar-refractivity contribution < 1.29 is 12.8 Å². The van der Waals surface area contributed by atoms with Gasteiger partial charge in [-0.25, -0.2) is 17.5 Å². The van der Waals surface area contributed by atoms with Gasteiger partial charge in [-0.1, -0.05) is 54.5 Å². The van der Waals surface area contributed by atoms with Crippen LogP contribution in [0.1, 0.15) is 36.9 Å². The van der Waals surface area contributed by atoms with Crippen molar-refractivity contribution in [2.75, 3.05) is 13.1 Å². The molecule has 0 saturated carbocycles. The maximum absolute atomic E-state index is 13.9. The van der Waals surface area contributed by atoms with Crippen LogP contribution in [0.5, 0.6) is 0 Å². The van der Waals surface area contributed by atoms with Gasteiger partial charge in [0.15, 0.2) is 0 Å². The number of halogens is 1. The number of nitrogens with zero attached hydrogens (tertiary/aromatic N) is 4. The van der Waals surface area contributed by atoms with Crippen LogP contribution in [0.25, 0.3) is 16.5 Å². The van der Waals surface area contributed by atoms with Gasteiger partial charge in [-0.05, 0) is 54.5 Å². The van der Waals surface area contributed by atoms with E-state index >= 15 is 0 Å². The predicted octanol–water partition coefficient (Wildman–Crippen LogP) is 5.75. The Hall–Kier alpha value is -3.80. The van der Waals surface area contributed by atoms with Crippen LogP contribution >= 0.6 is 0 Å². The molecule has 8 heteroatoms. The lowest BCUT2D eigenvalue weighted by Crippen LogP contribution is -2.36. The fraction of sp³-hybridized carbons (Fsp3) is 0.267. The van der Waals surface area contributed by atoms with E-state index in [2.05, 4.69) is 18.1 Å². The minimum absolute atomic E-state index is 0.0282. The highest BCUT2D eigenvalue weighted by molar-refractivity contribution is 7.89. The second-order valence-corrected chi connectivity index (χ2v) is 12.0. The summed E-state index contributed by atoms with van der Waals surface area (Å²) in [5, 5.41) is 15.7. The number of fused-ring (bicyclic) bond motifs is 2. The summed E-state index contributed by atoms with van der Waals surface area (Å²) in [5.74, 6) is -0.174. The Morgan fingerprint density at radius 3 is 2.66 bits per heavy atom. The van der Waals surface area contributed by atoms with Crippen LogP contribution in [0.4, 0.5) is 4.39 Å². The third-order valence-corrected chi connectivity index (χ3v) is 9.84. The van der Waals surface area contributed by atoms with E-state index in [1.807, 2.05) is 41.2 Å². The van der Waals surface area contributed by atoms with Gasteiger partial charge in [0, 0.05) is 29.8 Å².